The Morgan fingerprint density at radius 2 is 2.31 bits per heavy atom. The SMILES string of the molecule is CC(=O)c1nc(CCl)cc(C)c1N. The van der Waals surface area contributed by atoms with E-state index in [1.165, 1.54) is 6.92 Å². The van der Waals surface area contributed by atoms with Crippen molar-refractivity contribution in [3.63, 3.8) is 0 Å². The molecule has 0 aliphatic carbocycles. The van der Waals surface area contributed by atoms with Gasteiger partial charge in [0.05, 0.1) is 17.3 Å². The second kappa shape index (κ2) is 3.75. The zero-order valence-electron chi connectivity index (χ0n) is 7.60. The van der Waals surface area contributed by atoms with Crippen molar-refractivity contribution < 1.29 is 4.79 Å². The number of pyridine rings is 1. The highest BCUT2D eigenvalue weighted by molar-refractivity contribution is 6.17. The summed E-state index contributed by atoms with van der Waals surface area (Å²) < 4.78 is 0. The average Bonchev–Trinajstić information content (AvgIpc) is 2.09. The largest absolute Gasteiger partial charge is 0.397 e. The number of hydrogen-bond donors (Lipinski definition) is 1. The van der Waals surface area contributed by atoms with Gasteiger partial charge in [0.25, 0.3) is 0 Å². The van der Waals surface area contributed by atoms with Crippen LogP contribution in [-0.4, -0.2) is 10.8 Å². The molecule has 0 saturated carbocycles. The van der Waals surface area contributed by atoms with E-state index in [0.717, 1.165) is 5.56 Å². The molecule has 0 radical (unpaired) electrons. The van der Waals surface area contributed by atoms with E-state index in [1.54, 1.807) is 6.07 Å². The van der Waals surface area contributed by atoms with Gasteiger partial charge in [-0.1, -0.05) is 0 Å². The standard InChI is InChI=1S/C9H11ClN2O/c1-5-3-7(4-10)12-9(6(2)13)8(5)11/h3H,4,11H2,1-2H3. The van der Waals surface area contributed by atoms with E-state index in [4.69, 9.17) is 17.3 Å². The Balaban J connectivity index is 3.33. The Morgan fingerprint density at radius 1 is 1.69 bits per heavy atom. The van der Waals surface area contributed by atoms with E-state index in [1.807, 2.05) is 6.92 Å². The molecule has 1 aromatic heterocycles. The van der Waals surface area contributed by atoms with Crippen molar-refractivity contribution in [1.29, 1.82) is 0 Å². The summed E-state index contributed by atoms with van der Waals surface area (Å²) in [5, 5.41) is 0. The quantitative estimate of drug-likeness (QED) is 0.584. The van der Waals surface area contributed by atoms with Crippen LogP contribution in [0.5, 0.6) is 0 Å². The Bertz CT molecular complexity index is 350. The smallest absolute Gasteiger partial charge is 0.180 e. The number of nitrogen functional groups attached to an aromatic ring is 1. The molecule has 0 fully saturated rings. The lowest BCUT2D eigenvalue weighted by atomic mass is 10.1. The molecule has 4 heteroatoms. The average molecular weight is 199 g/mol. The van der Waals surface area contributed by atoms with E-state index in [-0.39, 0.29) is 5.78 Å². The lowest BCUT2D eigenvalue weighted by Crippen LogP contribution is -2.07. The van der Waals surface area contributed by atoms with Crippen molar-refractivity contribution >= 4 is 23.1 Å². The van der Waals surface area contributed by atoms with Gasteiger partial charge in [0, 0.05) is 6.92 Å². The van der Waals surface area contributed by atoms with E-state index < -0.39 is 0 Å². The second-order valence-corrected chi connectivity index (χ2v) is 3.15. The number of carbonyl (C=O) groups is 1. The number of rotatable bonds is 2. The van der Waals surface area contributed by atoms with Crippen molar-refractivity contribution in [3.8, 4) is 0 Å². The van der Waals surface area contributed by atoms with Crippen LogP contribution in [0.2, 0.25) is 0 Å². The summed E-state index contributed by atoms with van der Waals surface area (Å²) in [6, 6.07) is 1.79. The third kappa shape index (κ3) is 1.98. The maximum Gasteiger partial charge on any atom is 0.180 e. The minimum absolute atomic E-state index is 0.132. The fourth-order valence-electron chi connectivity index (χ4n) is 1.09. The van der Waals surface area contributed by atoms with Crippen LogP contribution in [0.1, 0.15) is 28.7 Å². The predicted octanol–water partition coefficient (Wildman–Crippen LogP) is 1.91. The number of aromatic nitrogens is 1. The molecule has 2 N–H and O–H groups in total. The van der Waals surface area contributed by atoms with Crippen molar-refractivity contribution in [2.45, 2.75) is 19.7 Å². The maximum absolute atomic E-state index is 11.1. The Kier molecular flexibility index (Phi) is 2.88. The van der Waals surface area contributed by atoms with E-state index in [2.05, 4.69) is 4.98 Å². The predicted molar refractivity (Wildman–Crippen MR) is 52.9 cm³/mol. The van der Waals surface area contributed by atoms with Crippen LogP contribution in [0, 0.1) is 6.92 Å². The van der Waals surface area contributed by atoms with Gasteiger partial charge >= 0.3 is 0 Å². The number of nitrogens with zero attached hydrogens (tertiary/aromatic N) is 1. The van der Waals surface area contributed by atoms with Crippen LogP contribution in [0.25, 0.3) is 0 Å². The molecular formula is C9H11ClN2O. The first kappa shape index (κ1) is 9.99. The number of alkyl halides is 1. The number of Topliss-reactive ketones (excluding diaryl/α,β-unsaturated/α-hetero) is 1. The van der Waals surface area contributed by atoms with Crippen molar-refractivity contribution in [2.24, 2.45) is 0 Å². The van der Waals surface area contributed by atoms with Gasteiger partial charge < -0.3 is 5.73 Å². The van der Waals surface area contributed by atoms with Crippen LogP contribution in [0.3, 0.4) is 0 Å². The number of nitrogens with two attached hydrogens (primary N) is 1. The van der Waals surface area contributed by atoms with Gasteiger partial charge in [-0.25, -0.2) is 4.98 Å². The van der Waals surface area contributed by atoms with Gasteiger partial charge in [0.1, 0.15) is 5.69 Å². The maximum atomic E-state index is 11.1. The fraction of sp³-hybridized carbons (Fsp3) is 0.333. The topological polar surface area (TPSA) is 56.0 Å². The van der Waals surface area contributed by atoms with Gasteiger partial charge in [-0.3, -0.25) is 4.79 Å². The van der Waals surface area contributed by atoms with Gasteiger partial charge in [-0.15, -0.1) is 11.6 Å². The van der Waals surface area contributed by atoms with Gasteiger partial charge in [0.2, 0.25) is 0 Å². The molecular weight excluding hydrogens is 188 g/mol. The molecule has 0 aliphatic rings. The van der Waals surface area contributed by atoms with Gasteiger partial charge in [0.15, 0.2) is 5.78 Å². The van der Waals surface area contributed by atoms with E-state index in [9.17, 15) is 4.79 Å². The zero-order chi connectivity index (χ0) is 10.0. The first-order valence-corrected chi connectivity index (χ1v) is 4.42. The minimum atomic E-state index is -0.132. The summed E-state index contributed by atoms with van der Waals surface area (Å²) in [4.78, 5) is 15.1. The molecule has 13 heavy (non-hydrogen) atoms. The lowest BCUT2D eigenvalue weighted by molar-refractivity contribution is 0.101. The molecule has 3 nitrogen and oxygen atoms in total. The third-order valence-corrected chi connectivity index (χ3v) is 2.06. The minimum Gasteiger partial charge on any atom is -0.397 e. The summed E-state index contributed by atoms with van der Waals surface area (Å²) in [7, 11) is 0. The van der Waals surface area contributed by atoms with Crippen LogP contribution in [0.15, 0.2) is 6.07 Å². The number of halogens is 1. The van der Waals surface area contributed by atoms with Crippen LogP contribution in [-0.2, 0) is 5.88 Å². The number of hydrogen-bond acceptors (Lipinski definition) is 3. The molecule has 0 aromatic carbocycles. The van der Waals surface area contributed by atoms with Crippen LogP contribution < -0.4 is 5.73 Å². The Labute approximate surface area is 81.9 Å². The summed E-state index contributed by atoms with van der Waals surface area (Å²) in [6.45, 7) is 3.27. The first-order valence-electron chi connectivity index (χ1n) is 3.89. The van der Waals surface area contributed by atoms with Crippen molar-refractivity contribution in [2.75, 3.05) is 5.73 Å². The molecule has 70 valence electrons. The normalized spacial score (nSPS) is 10.1. The summed E-state index contributed by atoms with van der Waals surface area (Å²) in [5.41, 5.74) is 7.96. The molecule has 1 rings (SSSR count). The highest BCUT2D eigenvalue weighted by Gasteiger charge is 2.10. The summed E-state index contributed by atoms with van der Waals surface area (Å²) >= 11 is 5.61. The highest BCUT2D eigenvalue weighted by Crippen LogP contribution is 2.17. The molecule has 0 saturated heterocycles. The monoisotopic (exact) mass is 198 g/mol. The zero-order valence-corrected chi connectivity index (χ0v) is 8.35. The molecule has 0 aliphatic heterocycles. The van der Waals surface area contributed by atoms with Crippen molar-refractivity contribution in [1.82, 2.24) is 4.98 Å². The molecule has 1 aromatic rings. The number of ketones is 1. The fourth-order valence-corrected chi connectivity index (χ4v) is 1.22. The van der Waals surface area contributed by atoms with Crippen molar-refractivity contribution in [3.05, 3.63) is 23.0 Å². The van der Waals surface area contributed by atoms with Crippen LogP contribution in [0.4, 0.5) is 5.69 Å². The third-order valence-electron chi connectivity index (χ3n) is 1.79. The van der Waals surface area contributed by atoms with Gasteiger partial charge in [-0.05, 0) is 18.6 Å². The molecule has 0 bridgehead atoms. The molecule has 0 atom stereocenters. The number of anilines is 1. The Hall–Kier alpha value is -1.09. The number of aryl methyl sites for hydroxylation is 1. The molecule has 0 amide bonds. The molecule has 0 spiro atoms. The highest BCUT2D eigenvalue weighted by atomic mass is 35.5. The Morgan fingerprint density at radius 3 is 2.77 bits per heavy atom. The lowest BCUT2D eigenvalue weighted by Gasteiger charge is -2.06. The van der Waals surface area contributed by atoms with Gasteiger partial charge in [-0.2, -0.15) is 0 Å². The molecule has 1 heterocycles. The van der Waals surface area contributed by atoms with E-state index >= 15 is 0 Å². The summed E-state index contributed by atoms with van der Waals surface area (Å²) in [6.07, 6.45) is 0. The number of carbonyl (C=O) groups excluding carboxylic acids is 1. The molecule has 0 unspecified atom stereocenters. The second-order valence-electron chi connectivity index (χ2n) is 2.88. The van der Waals surface area contributed by atoms with E-state index in [0.29, 0.717) is 23.0 Å². The van der Waals surface area contributed by atoms with Crippen LogP contribution >= 0.6 is 11.6 Å². The summed E-state index contributed by atoms with van der Waals surface area (Å²) in [5.74, 6) is 0.161. The first-order chi connectivity index (χ1) is 6.06.